The average molecular weight is 226 g/mol. The van der Waals surface area contributed by atoms with E-state index in [4.69, 9.17) is 0 Å². The number of carbonyl (C=O) groups excluding carboxylic acids is 1. The van der Waals surface area contributed by atoms with E-state index in [-0.39, 0.29) is 23.4 Å². The Morgan fingerprint density at radius 2 is 2.47 bits per heavy atom. The summed E-state index contributed by atoms with van der Waals surface area (Å²) in [6, 6.07) is 3.09. The Kier molecular flexibility index (Phi) is 4.42. The van der Waals surface area contributed by atoms with Gasteiger partial charge in [0, 0.05) is 18.0 Å². The summed E-state index contributed by atoms with van der Waals surface area (Å²) < 4.78 is 0. The average Bonchev–Trinajstić information content (AvgIpc) is 2.18. The van der Waals surface area contributed by atoms with E-state index in [1.54, 1.807) is 17.8 Å². The molecule has 0 fully saturated rings. The van der Waals surface area contributed by atoms with E-state index in [2.05, 4.69) is 10.3 Å². The fourth-order valence-electron chi connectivity index (χ4n) is 1.16. The van der Waals surface area contributed by atoms with Crippen molar-refractivity contribution in [1.29, 1.82) is 0 Å². The number of amides is 1. The normalized spacial score (nSPS) is 12.1. The zero-order valence-corrected chi connectivity index (χ0v) is 9.54. The Morgan fingerprint density at radius 1 is 1.73 bits per heavy atom. The molecule has 1 rings (SSSR count). The molecule has 0 aliphatic heterocycles. The maximum absolute atomic E-state index is 11.6. The van der Waals surface area contributed by atoms with Crippen LogP contribution >= 0.6 is 11.8 Å². The van der Waals surface area contributed by atoms with Crippen molar-refractivity contribution >= 4 is 17.7 Å². The van der Waals surface area contributed by atoms with Crippen molar-refractivity contribution in [3.8, 4) is 5.75 Å². The molecule has 1 aromatic rings. The summed E-state index contributed by atoms with van der Waals surface area (Å²) in [6.45, 7) is 1.91. The molecule has 0 saturated carbocycles. The molecular formula is C10H14N2O2S. The molecule has 15 heavy (non-hydrogen) atoms. The number of hydrogen-bond acceptors (Lipinski definition) is 4. The van der Waals surface area contributed by atoms with Gasteiger partial charge >= 0.3 is 0 Å². The highest BCUT2D eigenvalue weighted by atomic mass is 32.2. The molecule has 0 spiro atoms. The van der Waals surface area contributed by atoms with Gasteiger partial charge in [0.05, 0.1) is 0 Å². The summed E-state index contributed by atoms with van der Waals surface area (Å²) in [5.41, 5.74) is 0.0745. The molecule has 0 radical (unpaired) electrons. The van der Waals surface area contributed by atoms with Gasteiger partial charge in [0.25, 0.3) is 5.91 Å². The van der Waals surface area contributed by atoms with E-state index >= 15 is 0 Å². The van der Waals surface area contributed by atoms with Crippen LogP contribution in [-0.2, 0) is 0 Å². The summed E-state index contributed by atoms with van der Waals surface area (Å²) in [5, 5.41) is 12.2. The van der Waals surface area contributed by atoms with Crippen molar-refractivity contribution in [2.24, 2.45) is 0 Å². The van der Waals surface area contributed by atoms with Crippen LogP contribution in [0.25, 0.3) is 0 Å². The third-order valence-electron chi connectivity index (χ3n) is 1.80. The Bertz CT molecular complexity index is 344. The zero-order chi connectivity index (χ0) is 11.3. The van der Waals surface area contributed by atoms with Gasteiger partial charge in [0.1, 0.15) is 5.75 Å². The molecular weight excluding hydrogens is 212 g/mol. The molecule has 1 aromatic heterocycles. The lowest BCUT2D eigenvalue weighted by molar-refractivity contribution is 0.0936. The van der Waals surface area contributed by atoms with Crippen LogP contribution in [0.15, 0.2) is 18.3 Å². The molecule has 5 heteroatoms. The fraction of sp³-hybridized carbons (Fsp3) is 0.400. The number of carbonyl (C=O) groups is 1. The monoisotopic (exact) mass is 226 g/mol. The van der Waals surface area contributed by atoms with E-state index in [0.29, 0.717) is 0 Å². The van der Waals surface area contributed by atoms with Crippen molar-refractivity contribution in [1.82, 2.24) is 10.3 Å². The number of thioether (sulfide) groups is 1. The largest absolute Gasteiger partial charge is 0.505 e. The summed E-state index contributed by atoms with van der Waals surface area (Å²) in [6.07, 6.45) is 3.45. The van der Waals surface area contributed by atoms with E-state index < -0.39 is 0 Å². The van der Waals surface area contributed by atoms with Crippen LogP contribution in [-0.4, -0.2) is 34.0 Å². The van der Waals surface area contributed by atoms with Crippen molar-refractivity contribution in [2.45, 2.75) is 13.0 Å². The third-order valence-corrected chi connectivity index (χ3v) is 2.63. The zero-order valence-electron chi connectivity index (χ0n) is 8.73. The highest BCUT2D eigenvalue weighted by Gasteiger charge is 2.13. The van der Waals surface area contributed by atoms with Gasteiger partial charge in [-0.1, -0.05) is 0 Å². The van der Waals surface area contributed by atoms with Crippen LogP contribution in [0.4, 0.5) is 0 Å². The Labute approximate surface area is 93.1 Å². The van der Waals surface area contributed by atoms with Crippen LogP contribution in [0.2, 0.25) is 0 Å². The second kappa shape index (κ2) is 5.60. The SMILES string of the molecule is CSCC(C)NC(=O)c1ncccc1O. The molecule has 2 N–H and O–H groups in total. The first-order valence-electron chi connectivity index (χ1n) is 4.59. The first kappa shape index (κ1) is 11.8. The predicted molar refractivity (Wildman–Crippen MR) is 61.2 cm³/mol. The molecule has 1 atom stereocenters. The van der Waals surface area contributed by atoms with Crippen molar-refractivity contribution in [3.63, 3.8) is 0 Å². The fourth-order valence-corrected chi connectivity index (χ4v) is 1.74. The molecule has 0 aromatic carbocycles. The second-order valence-corrected chi connectivity index (χ2v) is 4.11. The highest BCUT2D eigenvalue weighted by Crippen LogP contribution is 2.12. The molecule has 0 aliphatic rings. The molecule has 1 amide bonds. The summed E-state index contributed by atoms with van der Waals surface area (Å²) in [7, 11) is 0. The Balaban J connectivity index is 2.65. The van der Waals surface area contributed by atoms with Gasteiger partial charge in [-0.2, -0.15) is 11.8 Å². The lowest BCUT2D eigenvalue weighted by atomic mass is 10.3. The van der Waals surface area contributed by atoms with E-state index in [1.807, 2.05) is 13.2 Å². The number of rotatable bonds is 4. The smallest absolute Gasteiger partial charge is 0.273 e. The first-order valence-corrected chi connectivity index (χ1v) is 5.98. The van der Waals surface area contributed by atoms with Crippen molar-refractivity contribution in [2.75, 3.05) is 12.0 Å². The molecule has 82 valence electrons. The minimum atomic E-state index is -0.338. The number of nitrogens with zero attached hydrogens (tertiary/aromatic N) is 1. The van der Waals surface area contributed by atoms with Crippen LogP contribution in [0.1, 0.15) is 17.4 Å². The van der Waals surface area contributed by atoms with Crippen LogP contribution in [0.3, 0.4) is 0 Å². The first-order chi connectivity index (χ1) is 7.15. The number of pyridine rings is 1. The standard InChI is InChI=1S/C10H14N2O2S/c1-7(6-15-2)12-10(14)9-8(13)4-3-5-11-9/h3-5,7,13H,6H2,1-2H3,(H,12,14). The third kappa shape index (κ3) is 3.43. The van der Waals surface area contributed by atoms with Crippen molar-refractivity contribution < 1.29 is 9.90 Å². The van der Waals surface area contributed by atoms with Crippen LogP contribution in [0.5, 0.6) is 5.75 Å². The molecule has 0 saturated heterocycles. The second-order valence-electron chi connectivity index (χ2n) is 3.20. The van der Waals surface area contributed by atoms with Gasteiger partial charge in [-0.05, 0) is 25.3 Å². The number of aromatic hydroxyl groups is 1. The summed E-state index contributed by atoms with van der Waals surface area (Å²) in [5.74, 6) is 0.403. The number of hydrogen-bond donors (Lipinski definition) is 2. The maximum atomic E-state index is 11.6. The Morgan fingerprint density at radius 3 is 3.07 bits per heavy atom. The molecule has 1 unspecified atom stereocenters. The maximum Gasteiger partial charge on any atom is 0.273 e. The topological polar surface area (TPSA) is 62.2 Å². The van der Waals surface area contributed by atoms with E-state index in [0.717, 1.165) is 5.75 Å². The van der Waals surface area contributed by atoms with Gasteiger partial charge in [-0.3, -0.25) is 4.79 Å². The quantitative estimate of drug-likeness (QED) is 0.811. The molecule has 4 nitrogen and oxygen atoms in total. The van der Waals surface area contributed by atoms with Gasteiger partial charge < -0.3 is 10.4 Å². The number of nitrogens with one attached hydrogen (secondary N) is 1. The van der Waals surface area contributed by atoms with Crippen LogP contribution < -0.4 is 5.32 Å². The molecule has 0 bridgehead atoms. The highest BCUT2D eigenvalue weighted by molar-refractivity contribution is 7.98. The van der Waals surface area contributed by atoms with Gasteiger partial charge in [0.15, 0.2) is 5.69 Å². The van der Waals surface area contributed by atoms with Crippen molar-refractivity contribution in [3.05, 3.63) is 24.0 Å². The minimum absolute atomic E-state index is 0.0638. The summed E-state index contributed by atoms with van der Waals surface area (Å²) >= 11 is 1.65. The van der Waals surface area contributed by atoms with Gasteiger partial charge in [-0.15, -0.1) is 0 Å². The lowest BCUT2D eigenvalue weighted by Gasteiger charge is -2.12. The van der Waals surface area contributed by atoms with Gasteiger partial charge in [-0.25, -0.2) is 4.98 Å². The molecule has 1 heterocycles. The molecule has 0 aliphatic carbocycles. The lowest BCUT2D eigenvalue weighted by Crippen LogP contribution is -2.34. The van der Waals surface area contributed by atoms with E-state index in [1.165, 1.54) is 12.3 Å². The summed E-state index contributed by atoms with van der Waals surface area (Å²) in [4.78, 5) is 15.4. The predicted octanol–water partition coefficient (Wildman–Crippen LogP) is 1.27. The Hall–Kier alpha value is -1.23. The van der Waals surface area contributed by atoms with Crippen LogP contribution in [0, 0.1) is 0 Å². The van der Waals surface area contributed by atoms with E-state index in [9.17, 15) is 9.90 Å². The van der Waals surface area contributed by atoms with Gasteiger partial charge in [0.2, 0.25) is 0 Å². The minimum Gasteiger partial charge on any atom is -0.505 e. The number of aromatic nitrogens is 1.